The van der Waals surface area contributed by atoms with Crippen LogP contribution in [-0.2, 0) is 4.79 Å². The number of halogens is 2. The number of hydrogen-bond acceptors (Lipinski definition) is 2. The van der Waals surface area contributed by atoms with Crippen molar-refractivity contribution in [3.63, 3.8) is 0 Å². The number of benzene rings is 1. The second-order valence-electron chi connectivity index (χ2n) is 4.97. The molecule has 0 aliphatic carbocycles. The molecule has 0 saturated carbocycles. The maximum Gasteiger partial charge on any atom is 0.222 e. The van der Waals surface area contributed by atoms with Gasteiger partial charge < -0.3 is 10.0 Å². The molecule has 1 unspecified atom stereocenters. The van der Waals surface area contributed by atoms with Gasteiger partial charge in [-0.25, -0.2) is 0 Å². The summed E-state index contributed by atoms with van der Waals surface area (Å²) in [5.74, 6) is 0.466. The third-order valence-corrected chi connectivity index (χ3v) is 4.76. The third kappa shape index (κ3) is 1.77. The van der Waals surface area contributed by atoms with Crippen molar-refractivity contribution in [1.82, 2.24) is 4.90 Å². The summed E-state index contributed by atoms with van der Waals surface area (Å²) in [6.45, 7) is 0.636. The fourth-order valence-corrected chi connectivity index (χ4v) is 3.56. The molecular weight excluding hydrogens is 273 g/mol. The van der Waals surface area contributed by atoms with Crippen LogP contribution in [0.15, 0.2) is 12.1 Å². The van der Waals surface area contributed by atoms with E-state index in [1.807, 2.05) is 4.90 Å². The van der Waals surface area contributed by atoms with Crippen molar-refractivity contribution in [2.24, 2.45) is 0 Å². The highest BCUT2D eigenvalue weighted by atomic mass is 35.5. The maximum atomic E-state index is 11.7. The number of carbonyl (C=O) groups is 1. The average molecular weight is 286 g/mol. The standard InChI is InChI=1S/C13H13Cl2NO2/c14-9-2-3-10(17)12(13(9)15)7-5-8-1-4-11(18)16(8)6-7/h2-3,7-8,17H,1,4-6H2/t7-,8?/m0/s1. The first-order chi connectivity index (χ1) is 8.58. The van der Waals surface area contributed by atoms with Crippen molar-refractivity contribution < 1.29 is 9.90 Å². The van der Waals surface area contributed by atoms with Gasteiger partial charge in [0.05, 0.1) is 10.0 Å². The van der Waals surface area contributed by atoms with Gasteiger partial charge in [-0.3, -0.25) is 4.79 Å². The van der Waals surface area contributed by atoms with E-state index in [2.05, 4.69) is 0 Å². The molecule has 2 heterocycles. The van der Waals surface area contributed by atoms with E-state index < -0.39 is 0 Å². The van der Waals surface area contributed by atoms with Crippen molar-refractivity contribution in [3.8, 4) is 5.75 Å². The Balaban J connectivity index is 1.94. The van der Waals surface area contributed by atoms with Crippen LogP contribution in [0.3, 0.4) is 0 Å². The molecule has 3 nitrogen and oxygen atoms in total. The normalized spacial score (nSPS) is 26.8. The lowest BCUT2D eigenvalue weighted by atomic mass is 9.94. The lowest BCUT2D eigenvalue weighted by molar-refractivity contribution is -0.127. The van der Waals surface area contributed by atoms with E-state index in [1.54, 1.807) is 12.1 Å². The summed E-state index contributed by atoms with van der Waals surface area (Å²) in [5, 5.41) is 10.8. The van der Waals surface area contributed by atoms with E-state index in [1.165, 1.54) is 0 Å². The summed E-state index contributed by atoms with van der Waals surface area (Å²) in [4.78, 5) is 13.6. The summed E-state index contributed by atoms with van der Waals surface area (Å²) in [7, 11) is 0. The highest BCUT2D eigenvalue weighted by molar-refractivity contribution is 6.42. The minimum absolute atomic E-state index is 0.0884. The quantitative estimate of drug-likeness (QED) is 0.861. The Bertz CT molecular complexity index is 518. The van der Waals surface area contributed by atoms with Gasteiger partial charge in [0, 0.05) is 30.5 Å². The number of carbonyl (C=O) groups excluding carboxylic acids is 1. The molecule has 18 heavy (non-hydrogen) atoms. The van der Waals surface area contributed by atoms with Crippen LogP contribution < -0.4 is 0 Å². The lowest BCUT2D eigenvalue weighted by Gasteiger charge is -2.16. The van der Waals surface area contributed by atoms with Gasteiger partial charge in [-0.15, -0.1) is 0 Å². The highest BCUT2D eigenvalue weighted by Gasteiger charge is 2.41. The predicted octanol–water partition coefficient (Wildman–Crippen LogP) is 3.18. The van der Waals surface area contributed by atoms with Gasteiger partial charge in [-0.05, 0) is 25.0 Å². The molecule has 1 aromatic carbocycles. The van der Waals surface area contributed by atoms with Gasteiger partial charge in [0.1, 0.15) is 5.75 Å². The Labute approximate surface area is 115 Å². The Morgan fingerprint density at radius 1 is 1.33 bits per heavy atom. The molecule has 0 aromatic heterocycles. The van der Waals surface area contributed by atoms with Gasteiger partial charge >= 0.3 is 0 Å². The predicted molar refractivity (Wildman–Crippen MR) is 70.2 cm³/mol. The topological polar surface area (TPSA) is 40.5 Å². The largest absolute Gasteiger partial charge is 0.508 e. The molecule has 3 rings (SSSR count). The van der Waals surface area contributed by atoms with E-state index in [9.17, 15) is 9.90 Å². The van der Waals surface area contributed by atoms with Gasteiger partial charge in [0.2, 0.25) is 5.91 Å². The highest BCUT2D eigenvalue weighted by Crippen LogP contribution is 2.45. The van der Waals surface area contributed by atoms with Crippen molar-refractivity contribution in [2.75, 3.05) is 6.54 Å². The fraction of sp³-hybridized carbons (Fsp3) is 0.462. The summed E-state index contributed by atoms with van der Waals surface area (Å²) in [6.07, 6.45) is 2.42. The zero-order chi connectivity index (χ0) is 12.9. The fourth-order valence-electron chi connectivity index (χ4n) is 3.08. The Hall–Kier alpha value is -0.930. The number of fused-ring (bicyclic) bond motifs is 1. The van der Waals surface area contributed by atoms with Crippen LogP contribution in [0.1, 0.15) is 30.7 Å². The smallest absolute Gasteiger partial charge is 0.222 e. The van der Waals surface area contributed by atoms with Crippen LogP contribution >= 0.6 is 23.2 Å². The number of aromatic hydroxyl groups is 1. The molecular formula is C13H13Cl2NO2. The van der Waals surface area contributed by atoms with Gasteiger partial charge in [0.25, 0.3) is 0 Å². The van der Waals surface area contributed by atoms with E-state index in [0.29, 0.717) is 34.6 Å². The summed E-state index contributed by atoms with van der Waals surface area (Å²) in [6, 6.07) is 3.45. The summed E-state index contributed by atoms with van der Waals surface area (Å²) >= 11 is 12.2. The lowest BCUT2D eigenvalue weighted by Crippen LogP contribution is -2.27. The molecule has 96 valence electrons. The number of amides is 1. The van der Waals surface area contributed by atoms with E-state index in [-0.39, 0.29) is 17.6 Å². The Morgan fingerprint density at radius 3 is 2.83 bits per heavy atom. The van der Waals surface area contributed by atoms with E-state index >= 15 is 0 Å². The molecule has 2 atom stereocenters. The Morgan fingerprint density at radius 2 is 2.11 bits per heavy atom. The van der Waals surface area contributed by atoms with Crippen LogP contribution in [0.5, 0.6) is 5.75 Å². The van der Waals surface area contributed by atoms with Crippen molar-refractivity contribution in [3.05, 3.63) is 27.7 Å². The molecule has 1 aromatic rings. The summed E-state index contributed by atoms with van der Waals surface area (Å²) < 4.78 is 0. The van der Waals surface area contributed by atoms with Crippen LogP contribution in [0, 0.1) is 0 Å². The minimum atomic E-state index is 0.0884. The number of rotatable bonds is 1. The molecule has 1 amide bonds. The zero-order valence-corrected chi connectivity index (χ0v) is 11.2. The first-order valence-corrected chi connectivity index (χ1v) is 6.80. The van der Waals surface area contributed by atoms with Crippen LogP contribution in [0.25, 0.3) is 0 Å². The van der Waals surface area contributed by atoms with Gasteiger partial charge in [-0.2, -0.15) is 0 Å². The number of phenols is 1. The van der Waals surface area contributed by atoms with Gasteiger partial charge in [-0.1, -0.05) is 23.2 Å². The maximum absolute atomic E-state index is 11.7. The SMILES string of the molecule is O=C1CCC2C[C@H](c3c(O)ccc(Cl)c3Cl)CN12. The first kappa shape index (κ1) is 12.1. The molecule has 1 N–H and O–H groups in total. The van der Waals surface area contributed by atoms with Crippen LogP contribution in [0.2, 0.25) is 10.0 Å². The van der Waals surface area contributed by atoms with Crippen molar-refractivity contribution in [1.29, 1.82) is 0 Å². The van der Waals surface area contributed by atoms with Crippen LogP contribution in [0.4, 0.5) is 0 Å². The number of hydrogen-bond donors (Lipinski definition) is 1. The Kier molecular flexibility index (Phi) is 2.91. The second kappa shape index (κ2) is 4.32. The second-order valence-corrected chi connectivity index (χ2v) is 5.75. The molecule has 2 fully saturated rings. The molecule has 2 aliphatic rings. The summed E-state index contributed by atoms with van der Waals surface area (Å²) in [5.41, 5.74) is 0.686. The van der Waals surface area contributed by atoms with E-state index in [0.717, 1.165) is 12.8 Å². The van der Waals surface area contributed by atoms with E-state index in [4.69, 9.17) is 23.2 Å². The molecule has 5 heteroatoms. The monoisotopic (exact) mass is 285 g/mol. The number of phenolic OH excluding ortho intramolecular Hbond substituents is 1. The van der Waals surface area contributed by atoms with Crippen molar-refractivity contribution in [2.45, 2.75) is 31.2 Å². The average Bonchev–Trinajstić information content (AvgIpc) is 2.88. The molecule has 2 aliphatic heterocycles. The zero-order valence-electron chi connectivity index (χ0n) is 9.70. The van der Waals surface area contributed by atoms with Crippen LogP contribution in [-0.4, -0.2) is 28.5 Å². The molecule has 0 radical (unpaired) electrons. The third-order valence-electron chi connectivity index (χ3n) is 3.94. The van der Waals surface area contributed by atoms with Crippen molar-refractivity contribution >= 4 is 29.1 Å². The molecule has 0 spiro atoms. The number of nitrogens with zero attached hydrogens (tertiary/aromatic N) is 1. The van der Waals surface area contributed by atoms with Gasteiger partial charge in [0.15, 0.2) is 0 Å². The first-order valence-electron chi connectivity index (χ1n) is 6.04. The minimum Gasteiger partial charge on any atom is -0.508 e. The molecule has 0 bridgehead atoms. The molecule has 2 saturated heterocycles.